The molecule has 2 saturated heterocycles. The summed E-state index contributed by atoms with van der Waals surface area (Å²) in [6.45, 7) is 2.68. The summed E-state index contributed by atoms with van der Waals surface area (Å²) in [7, 11) is 0. The summed E-state index contributed by atoms with van der Waals surface area (Å²) in [5, 5.41) is 12.9. The molecule has 0 radical (unpaired) electrons. The Bertz CT molecular complexity index is 472. The van der Waals surface area contributed by atoms with Gasteiger partial charge in [-0.05, 0) is 62.4 Å². The van der Waals surface area contributed by atoms with Crippen molar-refractivity contribution in [1.29, 1.82) is 0 Å². The van der Waals surface area contributed by atoms with E-state index in [0.29, 0.717) is 12.5 Å². The second-order valence-corrected chi connectivity index (χ2v) is 7.50. The normalized spacial score (nSPS) is 40.3. The van der Waals surface area contributed by atoms with Gasteiger partial charge in [0.25, 0.3) is 0 Å². The lowest BCUT2D eigenvalue weighted by atomic mass is 9.91. The highest BCUT2D eigenvalue weighted by Crippen LogP contribution is 2.60. The van der Waals surface area contributed by atoms with Gasteiger partial charge >= 0.3 is 5.97 Å². The molecule has 5 nitrogen and oxygen atoms in total. The summed E-state index contributed by atoms with van der Waals surface area (Å²) in [6, 6.07) is -0.552. The van der Waals surface area contributed by atoms with Gasteiger partial charge in [-0.15, -0.1) is 0 Å². The molecule has 4 fully saturated rings. The van der Waals surface area contributed by atoms with Gasteiger partial charge in [0, 0.05) is 12.5 Å². The number of nitrogens with zero attached hydrogens (tertiary/aromatic N) is 1. The molecule has 116 valence electrons. The van der Waals surface area contributed by atoms with Crippen LogP contribution in [0.25, 0.3) is 0 Å². The summed E-state index contributed by atoms with van der Waals surface area (Å²) in [5.74, 6) is 0.0729. The van der Waals surface area contributed by atoms with Gasteiger partial charge in [0.15, 0.2) is 0 Å². The number of hydrogen-bond acceptors (Lipinski definition) is 3. The number of aliphatic carboxylic acids is 1. The predicted molar refractivity (Wildman–Crippen MR) is 76.6 cm³/mol. The average Bonchev–Trinajstić information content (AvgIpc) is 2.84. The molecule has 0 aromatic rings. The van der Waals surface area contributed by atoms with E-state index in [1.165, 1.54) is 0 Å². The fourth-order valence-corrected chi connectivity index (χ4v) is 5.22. The Morgan fingerprint density at radius 2 is 1.95 bits per heavy atom. The number of rotatable bonds is 2. The smallest absolute Gasteiger partial charge is 0.326 e. The Labute approximate surface area is 125 Å². The molecule has 0 aromatic carbocycles. The number of likely N-dealkylation sites (tertiary alicyclic amines) is 1. The van der Waals surface area contributed by atoms with E-state index in [-0.39, 0.29) is 23.2 Å². The molecule has 21 heavy (non-hydrogen) atoms. The van der Waals surface area contributed by atoms with Gasteiger partial charge < -0.3 is 15.3 Å². The maximum absolute atomic E-state index is 12.9. The van der Waals surface area contributed by atoms with Crippen molar-refractivity contribution in [2.75, 3.05) is 19.6 Å². The fourth-order valence-electron chi connectivity index (χ4n) is 5.22. The molecule has 2 aliphatic carbocycles. The van der Waals surface area contributed by atoms with E-state index >= 15 is 0 Å². The zero-order valence-corrected chi connectivity index (χ0v) is 12.4. The standard InChI is InChI=1S/C16H24N2O3/c19-14(12-8-16(12)4-6-17-7-5-16)18-9-10-2-1-3-11(10)13(18)15(20)21/h10-13,17H,1-9H2,(H,20,21). The summed E-state index contributed by atoms with van der Waals surface area (Å²) >= 11 is 0. The Balaban J connectivity index is 1.50. The van der Waals surface area contributed by atoms with Crippen LogP contribution < -0.4 is 5.32 Å². The Kier molecular flexibility index (Phi) is 3.03. The highest BCUT2D eigenvalue weighted by molar-refractivity contribution is 5.88. The molecule has 4 aliphatic rings. The zero-order chi connectivity index (χ0) is 14.6. The first-order valence-corrected chi connectivity index (χ1v) is 8.36. The SMILES string of the molecule is O=C(O)C1C2CCCC2CN1C(=O)C1CC12CCNCC2. The van der Waals surface area contributed by atoms with Crippen LogP contribution in [0.2, 0.25) is 0 Å². The average molecular weight is 292 g/mol. The lowest BCUT2D eigenvalue weighted by Crippen LogP contribution is -2.45. The van der Waals surface area contributed by atoms with Crippen molar-refractivity contribution < 1.29 is 14.7 Å². The molecule has 2 N–H and O–H groups in total. The summed E-state index contributed by atoms with van der Waals surface area (Å²) in [4.78, 5) is 26.3. The van der Waals surface area contributed by atoms with E-state index in [4.69, 9.17) is 0 Å². The monoisotopic (exact) mass is 292 g/mol. The van der Waals surface area contributed by atoms with Gasteiger partial charge in [0.05, 0.1) is 0 Å². The highest BCUT2D eigenvalue weighted by Gasteiger charge is 2.61. The van der Waals surface area contributed by atoms with Crippen LogP contribution in [0, 0.1) is 23.2 Å². The number of piperidine rings is 1. The summed E-state index contributed by atoms with van der Waals surface area (Å²) in [6.07, 6.45) is 6.32. The van der Waals surface area contributed by atoms with E-state index < -0.39 is 12.0 Å². The second-order valence-electron chi connectivity index (χ2n) is 7.50. The quantitative estimate of drug-likeness (QED) is 0.799. The minimum absolute atomic E-state index is 0.0975. The molecule has 1 spiro atoms. The van der Waals surface area contributed by atoms with Crippen molar-refractivity contribution in [3.8, 4) is 0 Å². The van der Waals surface area contributed by atoms with Crippen LogP contribution >= 0.6 is 0 Å². The molecule has 4 atom stereocenters. The van der Waals surface area contributed by atoms with E-state index in [9.17, 15) is 14.7 Å². The Morgan fingerprint density at radius 1 is 1.19 bits per heavy atom. The number of carboxylic acids is 1. The molecule has 5 heteroatoms. The summed E-state index contributed by atoms with van der Waals surface area (Å²) < 4.78 is 0. The maximum atomic E-state index is 12.9. The van der Waals surface area contributed by atoms with Crippen molar-refractivity contribution in [3.63, 3.8) is 0 Å². The van der Waals surface area contributed by atoms with Gasteiger partial charge in [-0.25, -0.2) is 4.79 Å². The van der Waals surface area contributed by atoms with E-state index in [2.05, 4.69) is 5.32 Å². The molecule has 0 aromatic heterocycles. The van der Waals surface area contributed by atoms with Crippen LogP contribution in [0.5, 0.6) is 0 Å². The van der Waals surface area contributed by atoms with Crippen molar-refractivity contribution >= 4 is 11.9 Å². The van der Waals surface area contributed by atoms with E-state index in [0.717, 1.165) is 51.6 Å². The van der Waals surface area contributed by atoms with Gasteiger partial charge in [0.2, 0.25) is 5.91 Å². The molecule has 4 rings (SSSR count). The number of hydrogen-bond donors (Lipinski definition) is 2. The molecule has 0 bridgehead atoms. The predicted octanol–water partition coefficient (Wildman–Crippen LogP) is 1.09. The zero-order valence-electron chi connectivity index (χ0n) is 12.4. The molecule has 2 aliphatic heterocycles. The third kappa shape index (κ3) is 2.00. The van der Waals surface area contributed by atoms with Gasteiger partial charge in [-0.2, -0.15) is 0 Å². The lowest BCUT2D eigenvalue weighted by molar-refractivity contribution is -0.150. The summed E-state index contributed by atoms with van der Waals surface area (Å²) in [5.41, 5.74) is 0.198. The second kappa shape index (κ2) is 4.70. The topological polar surface area (TPSA) is 69.6 Å². The first-order chi connectivity index (χ1) is 10.1. The third-order valence-corrected chi connectivity index (χ3v) is 6.51. The minimum Gasteiger partial charge on any atom is -0.480 e. The van der Waals surface area contributed by atoms with Crippen molar-refractivity contribution in [1.82, 2.24) is 10.2 Å². The van der Waals surface area contributed by atoms with E-state index in [1.54, 1.807) is 4.90 Å². The minimum atomic E-state index is -0.794. The lowest BCUT2D eigenvalue weighted by Gasteiger charge is -2.28. The van der Waals surface area contributed by atoms with Gasteiger partial charge in [-0.3, -0.25) is 4.79 Å². The van der Waals surface area contributed by atoms with Crippen molar-refractivity contribution in [2.45, 2.75) is 44.6 Å². The van der Waals surface area contributed by atoms with Crippen LogP contribution in [0.3, 0.4) is 0 Å². The largest absolute Gasteiger partial charge is 0.480 e. The van der Waals surface area contributed by atoms with Crippen molar-refractivity contribution in [2.24, 2.45) is 23.2 Å². The van der Waals surface area contributed by atoms with Crippen LogP contribution in [0.15, 0.2) is 0 Å². The molecular weight excluding hydrogens is 268 g/mol. The number of carbonyl (C=O) groups is 2. The maximum Gasteiger partial charge on any atom is 0.326 e. The van der Waals surface area contributed by atoms with Gasteiger partial charge in [0.1, 0.15) is 6.04 Å². The number of nitrogens with one attached hydrogen (secondary N) is 1. The number of carboxylic acid groups (broad SMARTS) is 1. The number of carbonyl (C=O) groups excluding carboxylic acids is 1. The molecule has 2 saturated carbocycles. The van der Waals surface area contributed by atoms with Crippen LogP contribution in [0.1, 0.15) is 38.5 Å². The van der Waals surface area contributed by atoms with E-state index in [1.807, 2.05) is 0 Å². The van der Waals surface area contributed by atoms with Crippen LogP contribution in [-0.4, -0.2) is 47.6 Å². The highest BCUT2D eigenvalue weighted by atomic mass is 16.4. The number of amides is 1. The molecular formula is C16H24N2O3. The third-order valence-electron chi connectivity index (χ3n) is 6.51. The molecule has 4 unspecified atom stereocenters. The molecule has 1 amide bonds. The first kappa shape index (κ1) is 13.6. The van der Waals surface area contributed by atoms with Crippen molar-refractivity contribution in [3.05, 3.63) is 0 Å². The van der Waals surface area contributed by atoms with Crippen LogP contribution in [-0.2, 0) is 9.59 Å². The van der Waals surface area contributed by atoms with Gasteiger partial charge in [-0.1, -0.05) is 6.42 Å². The van der Waals surface area contributed by atoms with Crippen LogP contribution in [0.4, 0.5) is 0 Å². The Morgan fingerprint density at radius 3 is 2.67 bits per heavy atom. The molecule has 2 heterocycles. The fraction of sp³-hybridized carbons (Fsp3) is 0.875. The first-order valence-electron chi connectivity index (χ1n) is 8.36. The number of fused-ring (bicyclic) bond motifs is 1. The Hall–Kier alpha value is -1.10.